The molecule has 0 aliphatic heterocycles. The molecule has 0 aromatic heterocycles. The van der Waals surface area contributed by atoms with E-state index >= 15 is 0 Å². The lowest BCUT2D eigenvalue weighted by atomic mass is 9.44. The third kappa shape index (κ3) is 2.27. The van der Waals surface area contributed by atoms with Crippen molar-refractivity contribution < 1.29 is 9.59 Å². The van der Waals surface area contributed by atoms with Crippen molar-refractivity contribution in [1.29, 1.82) is 0 Å². The van der Waals surface area contributed by atoms with E-state index in [1.165, 1.54) is 25.7 Å². The lowest BCUT2D eigenvalue weighted by molar-refractivity contribution is -0.152. The predicted octanol–water partition coefficient (Wildman–Crippen LogP) is 4.95. The maximum Gasteiger partial charge on any atom is 0.139 e. The summed E-state index contributed by atoms with van der Waals surface area (Å²) in [6.07, 6.45) is 12.0. The summed E-state index contributed by atoms with van der Waals surface area (Å²) < 4.78 is 0. The van der Waals surface area contributed by atoms with Gasteiger partial charge in [0, 0.05) is 24.7 Å². The molecule has 2 nitrogen and oxygen atoms in total. The zero-order valence-electron chi connectivity index (χ0n) is 14.9. The quantitative estimate of drug-likeness (QED) is 0.634. The fraction of sp³-hybridized carbons (Fsp3) is 0.905. The van der Waals surface area contributed by atoms with Crippen LogP contribution in [-0.2, 0) is 9.59 Å². The van der Waals surface area contributed by atoms with Gasteiger partial charge in [-0.15, -0.1) is 0 Å². The fourth-order valence-corrected chi connectivity index (χ4v) is 7.23. The Morgan fingerprint density at radius 1 is 0.826 bits per heavy atom. The summed E-state index contributed by atoms with van der Waals surface area (Å²) in [4.78, 5) is 24.6. The second kappa shape index (κ2) is 5.43. The van der Waals surface area contributed by atoms with E-state index in [9.17, 15) is 9.59 Å². The molecule has 4 saturated carbocycles. The van der Waals surface area contributed by atoms with Gasteiger partial charge in [-0.1, -0.05) is 13.8 Å². The molecule has 0 saturated heterocycles. The molecule has 6 atom stereocenters. The Hall–Kier alpha value is -0.660. The average Bonchev–Trinajstić information content (AvgIpc) is 2.68. The Bertz CT molecular complexity index is 524. The number of ketones is 2. The summed E-state index contributed by atoms with van der Waals surface area (Å²) in [5.41, 5.74) is 0.333. The summed E-state index contributed by atoms with van der Waals surface area (Å²) in [7, 11) is 0. The van der Waals surface area contributed by atoms with Crippen LogP contribution in [0.2, 0.25) is 0 Å². The normalized spacial score (nSPS) is 50.5. The van der Waals surface area contributed by atoms with Gasteiger partial charge in [-0.3, -0.25) is 9.59 Å². The first-order chi connectivity index (χ1) is 10.9. The predicted molar refractivity (Wildman–Crippen MR) is 91.0 cm³/mol. The van der Waals surface area contributed by atoms with E-state index in [0.29, 0.717) is 22.9 Å². The van der Waals surface area contributed by atoms with Gasteiger partial charge in [-0.05, 0) is 80.5 Å². The average molecular weight is 316 g/mol. The fourth-order valence-electron chi connectivity index (χ4n) is 7.23. The number of hydrogen-bond acceptors (Lipinski definition) is 2. The maximum absolute atomic E-state index is 12.6. The van der Waals surface area contributed by atoms with Crippen LogP contribution >= 0.6 is 0 Å². The topological polar surface area (TPSA) is 34.1 Å². The molecule has 23 heavy (non-hydrogen) atoms. The maximum atomic E-state index is 12.6. The van der Waals surface area contributed by atoms with Crippen molar-refractivity contribution >= 4 is 11.6 Å². The van der Waals surface area contributed by atoms with Gasteiger partial charge in [-0.2, -0.15) is 0 Å². The smallest absolute Gasteiger partial charge is 0.139 e. The van der Waals surface area contributed by atoms with Gasteiger partial charge in [0.05, 0.1) is 0 Å². The molecule has 0 spiro atoms. The standard InChI is InChI=1S/C21H32O2/c1-20-12-10-15(22)8-6-14(20)7-9-16-17-4-3-5-19(23)21(17,2)13-11-18(16)20/h14,16-18H,3-13H2,1-2H3/t14-,16-,17-,18-,20-,21-/m0/s1. The van der Waals surface area contributed by atoms with Crippen LogP contribution in [0.1, 0.15) is 84.5 Å². The minimum Gasteiger partial charge on any atom is -0.300 e. The van der Waals surface area contributed by atoms with Gasteiger partial charge in [0.2, 0.25) is 0 Å². The second-order valence-corrected chi connectivity index (χ2v) is 9.51. The number of hydrogen-bond donors (Lipinski definition) is 0. The molecule has 0 N–H and O–H groups in total. The zero-order chi connectivity index (χ0) is 16.2. The number of fused-ring (bicyclic) bond motifs is 5. The molecule has 0 unspecified atom stereocenters. The van der Waals surface area contributed by atoms with E-state index in [4.69, 9.17) is 0 Å². The van der Waals surface area contributed by atoms with Gasteiger partial charge in [0.1, 0.15) is 11.6 Å². The molecule has 0 amide bonds. The molecule has 2 heteroatoms. The summed E-state index contributed by atoms with van der Waals surface area (Å²) >= 11 is 0. The van der Waals surface area contributed by atoms with Crippen LogP contribution in [0.4, 0.5) is 0 Å². The molecule has 4 rings (SSSR count). The van der Waals surface area contributed by atoms with Crippen molar-refractivity contribution in [3.05, 3.63) is 0 Å². The van der Waals surface area contributed by atoms with Crippen LogP contribution in [0.5, 0.6) is 0 Å². The molecule has 0 aromatic carbocycles. The Kier molecular flexibility index (Phi) is 3.74. The van der Waals surface area contributed by atoms with Crippen molar-refractivity contribution in [2.45, 2.75) is 84.5 Å². The van der Waals surface area contributed by atoms with E-state index in [1.807, 2.05) is 0 Å². The Labute approximate surface area is 140 Å². The second-order valence-electron chi connectivity index (χ2n) is 9.51. The first-order valence-corrected chi connectivity index (χ1v) is 10.00. The minimum atomic E-state index is -0.0246. The van der Waals surface area contributed by atoms with E-state index in [1.54, 1.807) is 0 Å². The molecular formula is C21H32O2. The number of rotatable bonds is 0. The lowest BCUT2D eigenvalue weighted by Crippen LogP contribution is -2.55. The van der Waals surface area contributed by atoms with Crippen LogP contribution in [0.3, 0.4) is 0 Å². The highest BCUT2D eigenvalue weighted by Gasteiger charge is 2.58. The highest BCUT2D eigenvalue weighted by atomic mass is 16.1. The summed E-state index contributed by atoms with van der Waals surface area (Å²) in [5.74, 6) is 3.92. The SMILES string of the molecule is C[C@]12CCC(=O)CC[C@H]1CC[C@@H]1[C@@H]2CC[C@]2(C)C(=O)CCC[C@@H]12. The molecule has 0 bridgehead atoms. The van der Waals surface area contributed by atoms with Crippen LogP contribution in [0, 0.1) is 34.5 Å². The van der Waals surface area contributed by atoms with Gasteiger partial charge in [-0.25, -0.2) is 0 Å². The summed E-state index contributed by atoms with van der Waals surface area (Å²) in [5, 5.41) is 0. The largest absolute Gasteiger partial charge is 0.300 e. The lowest BCUT2D eigenvalue weighted by Gasteiger charge is -2.60. The molecule has 0 heterocycles. The van der Waals surface area contributed by atoms with Crippen molar-refractivity contribution in [1.82, 2.24) is 0 Å². The third-order valence-corrected chi connectivity index (χ3v) is 8.72. The third-order valence-electron chi connectivity index (χ3n) is 8.72. The Balaban J connectivity index is 1.65. The monoisotopic (exact) mass is 316 g/mol. The molecule has 0 aromatic rings. The van der Waals surface area contributed by atoms with Crippen molar-refractivity contribution in [3.8, 4) is 0 Å². The van der Waals surface area contributed by atoms with E-state index < -0.39 is 0 Å². The molecule has 4 fully saturated rings. The molecular weight excluding hydrogens is 284 g/mol. The van der Waals surface area contributed by atoms with Crippen molar-refractivity contribution in [3.63, 3.8) is 0 Å². The van der Waals surface area contributed by atoms with Gasteiger partial charge in [0.25, 0.3) is 0 Å². The van der Waals surface area contributed by atoms with Gasteiger partial charge >= 0.3 is 0 Å². The van der Waals surface area contributed by atoms with Crippen molar-refractivity contribution in [2.24, 2.45) is 34.5 Å². The van der Waals surface area contributed by atoms with Crippen LogP contribution in [-0.4, -0.2) is 11.6 Å². The van der Waals surface area contributed by atoms with E-state index in [0.717, 1.165) is 62.7 Å². The highest BCUT2D eigenvalue weighted by molar-refractivity contribution is 5.85. The number of carbonyl (C=O) groups excluding carboxylic acids is 2. The first kappa shape index (κ1) is 15.8. The molecule has 4 aliphatic rings. The Morgan fingerprint density at radius 2 is 1.65 bits per heavy atom. The molecule has 0 radical (unpaired) electrons. The number of carbonyl (C=O) groups is 2. The van der Waals surface area contributed by atoms with E-state index in [-0.39, 0.29) is 5.41 Å². The molecule has 4 aliphatic carbocycles. The van der Waals surface area contributed by atoms with E-state index in [2.05, 4.69) is 13.8 Å². The van der Waals surface area contributed by atoms with Crippen LogP contribution in [0.25, 0.3) is 0 Å². The zero-order valence-corrected chi connectivity index (χ0v) is 14.9. The summed E-state index contributed by atoms with van der Waals surface area (Å²) in [6.45, 7) is 4.78. The number of Topliss-reactive ketones (excluding diaryl/α,β-unsaturated/α-hetero) is 2. The van der Waals surface area contributed by atoms with Crippen LogP contribution in [0.15, 0.2) is 0 Å². The van der Waals surface area contributed by atoms with Crippen molar-refractivity contribution in [2.75, 3.05) is 0 Å². The van der Waals surface area contributed by atoms with Crippen LogP contribution < -0.4 is 0 Å². The van der Waals surface area contributed by atoms with Gasteiger partial charge < -0.3 is 0 Å². The molecule has 128 valence electrons. The van der Waals surface area contributed by atoms with Gasteiger partial charge in [0.15, 0.2) is 0 Å². The highest BCUT2D eigenvalue weighted by Crippen LogP contribution is 2.64. The minimum absolute atomic E-state index is 0.0246. The Morgan fingerprint density at radius 3 is 2.48 bits per heavy atom. The first-order valence-electron chi connectivity index (χ1n) is 10.00. The summed E-state index contributed by atoms with van der Waals surface area (Å²) in [6, 6.07) is 0.